The van der Waals surface area contributed by atoms with E-state index >= 15 is 0 Å². The zero-order chi connectivity index (χ0) is 21.8. The van der Waals surface area contributed by atoms with Gasteiger partial charge < -0.3 is 10.1 Å². The Morgan fingerprint density at radius 3 is 2.58 bits per heavy atom. The summed E-state index contributed by atoms with van der Waals surface area (Å²) in [7, 11) is 1.57. The molecular formula is C22H18N4O4S. The van der Waals surface area contributed by atoms with Gasteiger partial charge in [0.2, 0.25) is 5.91 Å². The predicted molar refractivity (Wildman–Crippen MR) is 118 cm³/mol. The van der Waals surface area contributed by atoms with Crippen molar-refractivity contribution in [1.82, 2.24) is 14.9 Å². The molecule has 156 valence electrons. The molecule has 2 aromatic carbocycles. The highest BCUT2D eigenvalue weighted by molar-refractivity contribution is 8.18. The molecule has 3 aromatic rings. The summed E-state index contributed by atoms with van der Waals surface area (Å²) in [6, 6.07) is 12.4. The number of carbonyl (C=O) groups is 3. The Balaban J connectivity index is 1.37. The van der Waals surface area contributed by atoms with Crippen LogP contribution in [0.5, 0.6) is 5.75 Å². The second-order valence-electron chi connectivity index (χ2n) is 6.66. The number of fused-ring (bicyclic) bond motifs is 1. The number of carbonyl (C=O) groups excluding carboxylic acids is 3. The Hall–Kier alpha value is -3.72. The van der Waals surface area contributed by atoms with Crippen LogP contribution in [-0.4, -0.2) is 45.6 Å². The molecule has 9 heteroatoms. The van der Waals surface area contributed by atoms with Gasteiger partial charge in [0.25, 0.3) is 11.1 Å². The Bertz CT molecular complexity index is 1190. The number of anilines is 1. The maximum absolute atomic E-state index is 12.6. The normalized spacial score (nSPS) is 15.0. The second kappa shape index (κ2) is 8.97. The SMILES string of the molecule is COc1ccc(C=C2SC(=O)N(CCC(=O)Nc3ccc4nccnc4c3)C2=O)cc1. The quantitative estimate of drug-likeness (QED) is 0.590. The largest absolute Gasteiger partial charge is 0.497 e. The first-order valence-corrected chi connectivity index (χ1v) is 10.3. The number of amides is 3. The van der Waals surface area contributed by atoms with Crippen LogP contribution in [0.15, 0.2) is 59.8 Å². The summed E-state index contributed by atoms with van der Waals surface area (Å²) in [5, 5.41) is 2.37. The number of benzene rings is 2. The lowest BCUT2D eigenvalue weighted by Crippen LogP contribution is -2.31. The van der Waals surface area contributed by atoms with Crippen LogP contribution in [0.1, 0.15) is 12.0 Å². The molecule has 0 spiro atoms. The standard InChI is InChI=1S/C22H18N4O4S/c1-30-16-5-2-14(3-6-16)12-19-21(28)26(22(29)31-19)11-8-20(27)25-15-4-7-17-18(13-15)24-10-9-23-17/h2-7,9-10,12-13H,8,11H2,1H3,(H,25,27). The van der Waals surface area contributed by atoms with E-state index in [1.54, 1.807) is 68.0 Å². The number of nitrogens with one attached hydrogen (secondary N) is 1. The van der Waals surface area contributed by atoms with E-state index in [1.807, 2.05) is 0 Å². The van der Waals surface area contributed by atoms with Crippen LogP contribution in [0.3, 0.4) is 0 Å². The number of rotatable bonds is 6. The lowest BCUT2D eigenvalue weighted by Gasteiger charge is -2.12. The fourth-order valence-electron chi connectivity index (χ4n) is 3.02. The average molecular weight is 434 g/mol. The Labute approximate surface area is 182 Å². The van der Waals surface area contributed by atoms with Crippen molar-refractivity contribution in [2.24, 2.45) is 0 Å². The molecule has 3 amide bonds. The number of methoxy groups -OCH3 is 1. The molecule has 1 aromatic heterocycles. The summed E-state index contributed by atoms with van der Waals surface area (Å²) in [6.45, 7) is 0.00381. The minimum Gasteiger partial charge on any atom is -0.497 e. The van der Waals surface area contributed by atoms with Crippen molar-refractivity contribution in [3.63, 3.8) is 0 Å². The number of aromatic nitrogens is 2. The summed E-state index contributed by atoms with van der Waals surface area (Å²) < 4.78 is 5.11. The number of hydrogen-bond donors (Lipinski definition) is 1. The summed E-state index contributed by atoms with van der Waals surface area (Å²) in [6.07, 6.45) is 4.82. The van der Waals surface area contributed by atoms with Gasteiger partial charge >= 0.3 is 0 Å². The Morgan fingerprint density at radius 2 is 1.84 bits per heavy atom. The fourth-order valence-corrected chi connectivity index (χ4v) is 3.89. The number of imide groups is 1. The number of thioether (sulfide) groups is 1. The molecular weight excluding hydrogens is 416 g/mol. The smallest absolute Gasteiger partial charge is 0.293 e. The van der Waals surface area contributed by atoms with Crippen LogP contribution in [0.2, 0.25) is 0 Å². The molecule has 1 N–H and O–H groups in total. The van der Waals surface area contributed by atoms with Crippen LogP contribution in [0, 0.1) is 0 Å². The van der Waals surface area contributed by atoms with Gasteiger partial charge in [-0.05, 0) is 53.7 Å². The van der Waals surface area contributed by atoms with E-state index in [1.165, 1.54) is 0 Å². The van der Waals surface area contributed by atoms with Gasteiger partial charge in [-0.25, -0.2) is 0 Å². The minimum atomic E-state index is -0.403. The molecule has 31 heavy (non-hydrogen) atoms. The van der Waals surface area contributed by atoms with Gasteiger partial charge in [0, 0.05) is 31.0 Å². The number of nitrogens with zero attached hydrogens (tertiary/aromatic N) is 3. The lowest BCUT2D eigenvalue weighted by atomic mass is 10.2. The van der Waals surface area contributed by atoms with Gasteiger partial charge in [0.05, 0.1) is 23.0 Å². The molecule has 2 heterocycles. The first kappa shape index (κ1) is 20.5. The van der Waals surface area contributed by atoms with Gasteiger partial charge in [-0.15, -0.1) is 0 Å². The van der Waals surface area contributed by atoms with E-state index in [4.69, 9.17) is 4.74 Å². The van der Waals surface area contributed by atoms with Gasteiger partial charge in [-0.2, -0.15) is 0 Å². The van der Waals surface area contributed by atoms with Gasteiger partial charge in [0.15, 0.2) is 0 Å². The monoisotopic (exact) mass is 434 g/mol. The zero-order valence-electron chi connectivity index (χ0n) is 16.6. The van der Waals surface area contributed by atoms with Gasteiger partial charge in [-0.1, -0.05) is 12.1 Å². The van der Waals surface area contributed by atoms with E-state index in [2.05, 4.69) is 15.3 Å². The Morgan fingerprint density at radius 1 is 1.10 bits per heavy atom. The maximum Gasteiger partial charge on any atom is 0.293 e. The molecule has 0 radical (unpaired) electrons. The van der Waals surface area contributed by atoms with Crippen LogP contribution in [0.4, 0.5) is 10.5 Å². The summed E-state index contributed by atoms with van der Waals surface area (Å²) in [4.78, 5) is 47.0. The summed E-state index contributed by atoms with van der Waals surface area (Å²) >= 11 is 0.864. The van der Waals surface area contributed by atoms with Crippen molar-refractivity contribution in [2.75, 3.05) is 19.0 Å². The Kier molecular flexibility index (Phi) is 5.94. The zero-order valence-corrected chi connectivity index (χ0v) is 17.4. The first-order valence-electron chi connectivity index (χ1n) is 9.43. The topological polar surface area (TPSA) is 101 Å². The van der Waals surface area contributed by atoms with Crippen LogP contribution in [-0.2, 0) is 9.59 Å². The molecule has 0 saturated carbocycles. The van der Waals surface area contributed by atoms with Crippen molar-refractivity contribution in [3.8, 4) is 5.75 Å². The molecule has 4 rings (SSSR count). The van der Waals surface area contributed by atoms with Crippen molar-refractivity contribution < 1.29 is 19.1 Å². The average Bonchev–Trinajstić information content (AvgIpc) is 3.05. The minimum absolute atomic E-state index is 0.00381. The van der Waals surface area contributed by atoms with E-state index in [9.17, 15) is 14.4 Å². The van der Waals surface area contributed by atoms with E-state index in [0.717, 1.165) is 27.7 Å². The van der Waals surface area contributed by atoms with Crippen molar-refractivity contribution in [3.05, 3.63) is 65.3 Å². The first-order chi connectivity index (χ1) is 15.0. The van der Waals surface area contributed by atoms with Gasteiger partial charge in [0.1, 0.15) is 5.75 Å². The second-order valence-corrected chi connectivity index (χ2v) is 7.66. The molecule has 0 unspecified atom stereocenters. The lowest BCUT2D eigenvalue weighted by molar-refractivity contribution is -0.123. The third kappa shape index (κ3) is 4.72. The molecule has 1 saturated heterocycles. The molecule has 0 aliphatic carbocycles. The fraction of sp³-hybridized carbons (Fsp3) is 0.136. The van der Waals surface area contributed by atoms with Crippen molar-refractivity contribution in [1.29, 1.82) is 0 Å². The van der Waals surface area contributed by atoms with E-state index in [-0.39, 0.29) is 18.9 Å². The van der Waals surface area contributed by atoms with Crippen molar-refractivity contribution in [2.45, 2.75) is 6.42 Å². The molecule has 1 fully saturated rings. The summed E-state index contributed by atoms with van der Waals surface area (Å²) in [5.41, 5.74) is 2.74. The molecule has 1 aliphatic rings. The van der Waals surface area contributed by atoms with Crippen LogP contribution < -0.4 is 10.1 Å². The molecule has 1 aliphatic heterocycles. The predicted octanol–water partition coefficient (Wildman–Crippen LogP) is 3.70. The number of ether oxygens (including phenoxy) is 1. The van der Waals surface area contributed by atoms with Crippen LogP contribution >= 0.6 is 11.8 Å². The van der Waals surface area contributed by atoms with Crippen LogP contribution in [0.25, 0.3) is 17.1 Å². The van der Waals surface area contributed by atoms with E-state index in [0.29, 0.717) is 21.9 Å². The highest BCUT2D eigenvalue weighted by Gasteiger charge is 2.35. The van der Waals surface area contributed by atoms with E-state index < -0.39 is 11.1 Å². The third-order valence-corrected chi connectivity index (χ3v) is 5.51. The number of hydrogen-bond acceptors (Lipinski definition) is 7. The highest BCUT2D eigenvalue weighted by Crippen LogP contribution is 2.32. The highest BCUT2D eigenvalue weighted by atomic mass is 32.2. The molecule has 0 atom stereocenters. The summed E-state index contributed by atoms with van der Waals surface area (Å²) in [5.74, 6) is -0.00394. The third-order valence-electron chi connectivity index (χ3n) is 4.60. The molecule has 8 nitrogen and oxygen atoms in total. The van der Waals surface area contributed by atoms with Gasteiger partial charge in [-0.3, -0.25) is 29.3 Å². The maximum atomic E-state index is 12.6. The van der Waals surface area contributed by atoms with Crippen molar-refractivity contribution >= 4 is 51.6 Å². The molecule has 0 bridgehead atoms.